The van der Waals surface area contributed by atoms with Crippen LogP contribution < -0.4 is 0 Å². The van der Waals surface area contributed by atoms with E-state index in [2.05, 4.69) is 16.4 Å². The molecule has 6 heteroatoms. The van der Waals surface area contributed by atoms with Crippen molar-refractivity contribution < 1.29 is 28.7 Å². The number of ether oxygens (including phenoxy) is 2. The van der Waals surface area contributed by atoms with E-state index in [0.717, 1.165) is 25.7 Å². The molecule has 0 heterocycles. The van der Waals surface area contributed by atoms with Gasteiger partial charge in [0.05, 0.1) is 12.7 Å². The van der Waals surface area contributed by atoms with Gasteiger partial charge in [-0.3, -0.25) is 9.59 Å². The molecule has 0 bridgehead atoms. The van der Waals surface area contributed by atoms with Crippen molar-refractivity contribution in [3.63, 3.8) is 0 Å². The quantitative estimate of drug-likeness (QED) is 0.388. The summed E-state index contributed by atoms with van der Waals surface area (Å²) in [5.41, 5.74) is 0. The van der Waals surface area contributed by atoms with Crippen LogP contribution in [-0.2, 0) is 28.7 Å². The number of Topliss-reactive ketones (excluding diaryl/α,β-unsaturated/α-hetero) is 2. The fraction of sp³-hybridized carbons (Fsp3) is 0.733. The van der Waals surface area contributed by atoms with Gasteiger partial charge < -0.3 is 9.47 Å². The lowest BCUT2D eigenvalue weighted by molar-refractivity contribution is -0.155. The predicted molar refractivity (Wildman–Crippen MR) is 77.7 cm³/mol. The summed E-state index contributed by atoms with van der Waals surface area (Å²) in [5, 5.41) is 0. The summed E-state index contributed by atoms with van der Waals surface area (Å²) in [4.78, 5) is 41.6. The monoisotopic (exact) mass is 302 g/mol. The molecule has 0 saturated heterocycles. The summed E-state index contributed by atoms with van der Waals surface area (Å²) in [5.74, 6) is -2.55. The molecule has 0 atom stereocenters. The van der Waals surface area contributed by atoms with Gasteiger partial charge in [-0.2, -0.15) is 0 Å². The van der Waals surface area contributed by atoms with Crippen molar-refractivity contribution in [2.45, 2.75) is 66.4 Å². The SMILES string of the molecule is CC(=O)C(=O)OC(C)C.CCCCCCOC(=O)C(C)=O. The topological polar surface area (TPSA) is 86.7 Å². The third-order valence-corrected chi connectivity index (χ3v) is 2.15. The highest BCUT2D eigenvalue weighted by Crippen LogP contribution is 1.98. The van der Waals surface area contributed by atoms with E-state index in [4.69, 9.17) is 0 Å². The number of unbranched alkanes of at least 4 members (excludes halogenated alkanes) is 3. The Kier molecular flexibility index (Phi) is 13.6. The van der Waals surface area contributed by atoms with Crippen LogP contribution in [0.4, 0.5) is 0 Å². The number of carbonyl (C=O) groups is 4. The Hall–Kier alpha value is -1.72. The zero-order valence-electron chi connectivity index (χ0n) is 13.6. The summed E-state index contributed by atoms with van der Waals surface area (Å²) in [6.07, 6.45) is 4.01. The molecule has 0 aliphatic heterocycles. The summed E-state index contributed by atoms with van der Waals surface area (Å²) < 4.78 is 9.18. The lowest BCUT2D eigenvalue weighted by Crippen LogP contribution is -2.17. The fourth-order valence-corrected chi connectivity index (χ4v) is 1.09. The summed E-state index contributed by atoms with van der Waals surface area (Å²) in [6.45, 7) is 8.28. The number of hydrogen-bond donors (Lipinski definition) is 0. The van der Waals surface area contributed by atoms with Gasteiger partial charge in [-0.1, -0.05) is 26.2 Å². The largest absolute Gasteiger partial charge is 0.460 e. The van der Waals surface area contributed by atoms with Gasteiger partial charge >= 0.3 is 11.9 Å². The first-order chi connectivity index (χ1) is 9.72. The second-order valence-corrected chi connectivity index (χ2v) is 4.76. The molecule has 0 aromatic carbocycles. The minimum atomic E-state index is -0.759. The zero-order valence-corrected chi connectivity index (χ0v) is 13.6. The highest BCUT2D eigenvalue weighted by Gasteiger charge is 2.09. The van der Waals surface area contributed by atoms with E-state index in [-0.39, 0.29) is 6.10 Å². The number of carbonyl (C=O) groups excluding carboxylic acids is 4. The Bertz CT molecular complexity index is 346. The van der Waals surface area contributed by atoms with Crippen molar-refractivity contribution in [1.82, 2.24) is 0 Å². The zero-order chi connectivity index (χ0) is 16.8. The molecule has 21 heavy (non-hydrogen) atoms. The van der Waals surface area contributed by atoms with E-state index < -0.39 is 23.5 Å². The first-order valence-electron chi connectivity index (χ1n) is 7.11. The maximum atomic E-state index is 10.6. The molecule has 0 aliphatic carbocycles. The maximum Gasteiger partial charge on any atom is 0.374 e. The molecular formula is C15H26O6. The fourth-order valence-electron chi connectivity index (χ4n) is 1.09. The summed E-state index contributed by atoms with van der Waals surface area (Å²) in [6, 6.07) is 0. The van der Waals surface area contributed by atoms with Gasteiger partial charge in [0, 0.05) is 13.8 Å². The first kappa shape index (κ1) is 21.6. The van der Waals surface area contributed by atoms with Crippen LogP contribution in [0.15, 0.2) is 0 Å². The molecule has 0 spiro atoms. The molecule has 0 saturated carbocycles. The molecule has 0 aromatic rings. The lowest BCUT2D eigenvalue weighted by Gasteiger charge is -2.03. The van der Waals surface area contributed by atoms with Crippen LogP contribution in [0.25, 0.3) is 0 Å². The molecule has 0 radical (unpaired) electrons. The number of ketones is 2. The third kappa shape index (κ3) is 16.2. The van der Waals surface area contributed by atoms with E-state index >= 15 is 0 Å². The minimum Gasteiger partial charge on any atom is -0.460 e. The van der Waals surface area contributed by atoms with Gasteiger partial charge in [-0.15, -0.1) is 0 Å². The summed E-state index contributed by atoms with van der Waals surface area (Å²) >= 11 is 0. The molecule has 0 unspecified atom stereocenters. The van der Waals surface area contributed by atoms with Crippen LogP contribution in [0.5, 0.6) is 0 Å². The Morgan fingerprint density at radius 2 is 1.38 bits per heavy atom. The van der Waals surface area contributed by atoms with Crippen LogP contribution in [0, 0.1) is 0 Å². The van der Waals surface area contributed by atoms with Crippen molar-refractivity contribution in [2.75, 3.05) is 6.61 Å². The molecule has 0 rings (SSSR count). The van der Waals surface area contributed by atoms with Crippen LogP contribution in [0.1, 0.15) is 60.3 Å². The maximum absolute atomic E-state index is 10.6. The second kappa shape index (κ2) is 13.3. The highest BCUT2D eigenvalue weighted by atomic mass is 16.5. The Labute approximate surface area is 126 Å². The van der Waals surface area contributed by atoms with Gasteiger partial charge in [0.15, 0.2) is 0 Å². The van der Waals surface area contributed by atoms with Crippen molar-refractivity contribution in [2.24, 2.45) is 0 Å². The number of rotatable bonds is 8. The number of hydrogen-bond acceptors (Lipinski definition) is 6. The van der Waals surface area contributed by atoms with Crippen LogP contribution >= 0.6 is 0 Å². The van der Waals surface area contributed by atoms with Gasteiger partial charge in [0.1, 0.15) is 0 Å². The molecule has 0 aromatic heterocycles. The molecular weight excluding hydrogens is 276 g/mol. The second-order valence-electron chi connectivity index (χ2n) is 4.76. The number of esters is 2. The van der Waals surface area contributed by atoms with Crippen LogP contribution in [0.3, 0.4) is 0 Å². The van der Waals surface area contributed by atoms with Crippen molar-refractivity contribution >= 4 is 23.5 Å². The van der Waals surface area contributed by atoms with E-state index in [9.17, 15) is 19.2 Å². The van der Waals surface area contributed by atoms with Crippen LogP contribution in [0.2, 0.25) is 0 Å². The van der Waals surface area contributed by atoms with Crippen LogP contribution in [-0.4, -0.2) is 36.2 Å². The van der Waals surface area contributed by atoms with Crippen molar-refractivity contribution in [3.05, 3.63) is 0 Å². The first-order valence-corrected chi connectivity index (χ1v) is 7.11. The average molecular weight is 302 g/mol. The van der Waals surface area contributed by atoms with Gasteiger partial charge in [-0.25, -0.2) is 9.59 Å². The molecule has 6 nitrogen and oxygen atoms in total. The molecule has 122 valence electrons. The standard InChI is InChI=1S/C9H16O3.C6H10O3/c1-3-4-5-6-7-12-9(11)8(2)10;1-4(2)9-6(8)5(3)7/h3-7H2,1-2H3;4H,1-3H3. The van der Waals surface area contributed by atoms with E-state index in [1.54, 1.807) is 13.8 Å². The highest BCUT2D eigenvalue weighted by molar-refractivity contribution is 6.32. The predicted octanol–water partition coefficient (Wildman–Crippen LogP) is 2.23. The molecule has 0 N–H and O–H groups in total. The van der Waals surface area contributed by atoms with E-state index in [0.29, 0.717) is 6.61 Å². The minimum absolute atomic E-state index is 0.207. The normalized spacial score (nSPS) is 9.43. The smallest absolute Gasteiger partial charge is 0.374 e. The van der Waals surface area contributed by atoms with Gasteiger partial charge in [-0.05, 0) is 20.3 Å². The van der Waals surface area contributed by atoms with Crippen molar-refractivity contribution in [3.8, 4) is 0 Å². The average Bonchev–Trinajstić information content (AvgIpc) is 2.38. The summed E-state index contributed by atoms with van der Waals surface area (Å²) in [7, 11) is 0. The Morgan fingerprint density at radius 1 is 0.857 bits per heavy atom. The van der Waals surface area contributed by atoms with Crippen molar-refractivity contribution in [1.29, 1.82) is 0 Å². The third-order valence-electron chi connectivity index (χ3n) is 2.15. The molecule has 0 amide bonds. The van der Waals surface area contributed by atoms with Gasteiger partial charge in [0.2, 0.25) is 11.6 Å². The molecule has 0 fully saturated rings. The van der Waals surface area contributed by atoms with Gasteiger partial charge in [0.25, 0.3) is 0 Å². The Morgan fingerprint density at radius 3 is 1.71 bits per heavy atom. The molecule has 0 aliphatic rings. The van der Waals surface area contributed by atoms with E-state index in [1.165, 1.54) is 13.8 Å². The van der Waals surface area contributed by atoms with E-state index in [1.807, 2.05) is 0 Å². The Balaban J connectivity index is 0. The lowest BCUT2D eigenvalue weighted by atomic mass is 10.2.